The van der Waals surface area contributed by atoms with Crippen molar-refractivity contribution in [2.45, 2.75) is 69.7 Å². The second-order valence-corrected chi connectivity index (χ2v) is 7.52. The Balaban J connectivity index is 1.83. The minimum atomic E-state index is -0.889. The summed E-state index contributed by atoms with van der Waals surface area (Å²) < 4.78 is 12.0. The van der Waals surface area contributed by atoms with Crippen molar-refractivity contribution in [2.75, 3.05) is 6.61 Å². The first-order valence-corrected chi connectivity index (χ1v) is 7.76. The normalized spacial score (nSPS) is 61.8. The molecule has 4 saturated heterocycles. The Morgan fingerprint density at radius 2 is 1.90 bits per heavy atom. The van der Waals surface area contributed by atoms with Crippen molar-refractivity contribution in [1.29, 1.82) is 0 Å². The van der Waals surface area contributed by atoms with E-state index in [1.807, 2.05) is 13.8 Å². The minimum absolute atomic E-state index is 0.00222. The summed E-state index contributed by atoms with van der Waals surface area (Å²) in [7, 11) is 0. The van der Waals surface area contributed by atoms with Crippen LogP contribution in [0.15, 0.2) is 0 Å². The topological polar surface area (TPSA) is 57.2 Å². The van der Waals surface area contributed by atoms with E-state index in [0.29, 0.717) is 18.4 Å². The molecule has 0 aromatic heterocycles. The molecule has 1 N–H and O–H groups in total. The highest BCUT2D eigenvalue weighted by molar-refractivity contribution is 5.12. The third-order valence-electron chi connectivity index (χ3n) is 6.00. The van der Waals surface area contributed by atoms with Crippen LogP contribution in [0.1, 0.15) is 46.5 Å². The van der Waals surface area contributed by atoms with Crippen molar-refractivity contribution < 1.29 is 24.4 Å². The van der Waals surface area contributed by atoms with E-state index in [4.69, 9.17) is 19.2 Å². The second-order valence-electron chi connectivity index (χ2n) is 7.52. The van der Waals surface area contributed by atoms with Crippen LogP contribution in [0, 0.1) is 17.8 Å². The molecule has 1 saturated carbocycles. The van der Waals surface area contributed by atoms with E-state index >= 15 is 0 Å². The van der Waals surface area contributed by atoms with Crippen molar-refractivity contribution >= 4 is 0 Å². The third-order valence-corrected chi connectivity index (χ3v) is 6.00. The van der Waals surface area contributed by atoms with Gasteiger partial charge in [0.25, 0.3) is 0 Å². The van der Waals surface area contributed by atoms with Gasteiger partial charge in [0.1, 0.15) is 0 Å². The molecule has 7 atom stereocenters. The Kier molecular flexibility index (Phi) is 2.66. The molecule has 114 valence electrons. The van der Waals surface area contributed by atoms with Gasteiger partial charge in [-0.3, -0.25) is 0 Å². The molecule has 5 heteroatoms. The van der Waals surface area contributed by atoms with Gasteiger partial charge in [-0.15, -0.1) is 0 Å². The maximum absolute atomic E-state index is 10.8. The van der Waals surface area contributed by atoms with Gasteiger partial charge >= 0.3 is 0 Å². The number of hydrogen-bond donors (Lipinski definition) is 1. The van der Waals surface area contributed by atoms with Crippen LogP contribution in [0.25, 0.3) is 0 Å². The summed E-state index contributed by atoms with van der Waals surface area (Å²) in [6.45, 7) is 6.32. The van der Waals surface area contributed by atoms with Crippen molar-refractivity contribution in [2.24, 2.45) is 17.8 Å². The number of hydrogen-bond acceptors (Lipinski definition) is 5. The molecule has 5 nitrogen and oxygen atoms in total. The third kappa shape index (κ3) is 1.56. The summed E-state index contributed by atoms with van der Waals surface area (Å²) in [4.78, 5) is 11.6. The first-order chi connectivity index (χ1) is 9.37. The smallest absolute Gasteiger partial charge is 0.201 e. The largest absolute Gasteiger partial charge is 0.387 e. The lowest BCUT2D eigenvalue weighted by molar-refractivity contribution is -0.571. The lowest BCUT2D eigenvalue weighted by Crippen LogP contribution is -2.73. The lowest BCUT2D eigenvalue weighted by atomic mass is 9.57. The highest BCUT2D eigenvalue weighted by Crippen LogP contribution is 2.60. The van der Waals surface area contributed by atoms with E-state index < -0.39 is 23.3 Å². The summed E-state index contributed by atoms with van der Waals surface area (Å²) in [5.74, 6) is 0.111. The van der Waals surface area contributed by atoms with Crippen LogP contribution in [0.2, 0.25) is 0 Å². The van der Waals surface area contributed by atoms with Gasteiger partial charge in [-0.1, -0.05) is 6.92 Å². The summed E-state index contributed by atoms with van der Waals surface area (Å²) in [6, 6.07) is 0. The van der Waals surface area contributed by atoms with Crippen LogP contribution < -0.4 is 0 Å². The highest BCUT2D eigenvalue weighted by atomic mass is 17.3. The maximum Gasteiger partial charge on any atom is 0.201 e. The van der Waals surface area contributed by atoms with Crippen molar-refractivity contribution in [3.63, 3.8) is 0 Å². The Morgan fingerprint density at radius 1 is 1.10 bits per heavy atom. The van der Waals surface area contributed by atoms with Gasteiger partial charge in [0.05, 0.1) is 12.2 Å². The Hall–Kier alpha value is -0.200. The molecule has 5 rings (SSSR count). The molecule has 5 aliphatic rings. The van der Waals surface area contributed by atoms with Crippen LogP contribution in [0.5, 0.6) is 0 Å². The Bertz CT molecular complexity index is 424. The van der Waals surface area contributed by atoms with Crippen LogP contribution in [-0.4, -0.2) is 35.0 Å². The fraction of sp³-hybridized carbons (Fsp3) is 1.00. The minimum Gasteiger partial charge on any atom is -0.387 e. The Labute approximate surface area is 119 Å². The monoisotopic (exact) mass is 284 g/mol. The number of aliphatic hydroxyl groups is 1. The van der Waals surface area contributed by atoms with Crippen LogP contribution in [-0.2, 0) is 19.2 Å². The molecule has 4 aliphatic heterocycles. The fourth-order valence-electron chi connectivity index (χ4n) is 4.89. The molecule has 0 aromatic rings. The molecule has 0 unspecified atom stereocenters. The van der Waals surface area contributed by atoms with Gasteiger partial charge in [0.2, 0.25) is 5.79 Å². The zero-order valence-corrected chi connectivity index (χ0v) is 12.4. The highest BCUT2D eigenvalue weighted by Gasteiger charge is 2.70. The molecular weight excluding hydrogens is 260 g/mol. The van der Waals surface area contributed by atoms with Crippen molar-refractivity contribution in [3.05, 3.63) is 0 Å². The molecule has 0 radical (unpaired) electrons. The van der Waals surface area contributed by atoms with E-state index in [1.165, 1.54) is 0 Å². The molecule has 4 heterocycles. The van der Waals surface area contributed by atoms with Gasteiger partial charge < -0.3 is 14.6 Å². The fourth-order valence-corrected chi connectivity index (χ4v) is 4.89. The zero-order valence-electron chi connectivity index (χ0n) is 12.4. The summed E-state index contributed by atoms with van der Waals surface area (Å²) in [5, 5.41) is 10.8. The standard InChI is InChI=1S/C15H24O5/c1-9-4-5-11-13(2,16)8-17-12-15(11)10(9)6-7-14(3,18-12)19-20-15/h9-12,16H,4-8H2,1-3H3/t9-,10+,11+,12-,13+,14-,15-/m1/s1. The van der Waals surface area contributed by atoms with Gasteiger partial charge in [0, 0.05) is 12.3 Å². The first-order valence-electron chi connectivity index (χ1n) is 7.76. The van der Waals surface area contributed by atoms with Crippen LogP contribution >= 0.6 is 0 Å². The molecular formula is C15H24O5. The predicted octanol–water partition coefficient (Wildman–Crippen LogP) is 1.98. The summed E-state index contributed by atoms with van der Waals surface area (Å²) >= 11 is 0. The average molecular weight is 284 g/mol. The quantitative estimate of drug-likeness (QED) is 0.689. The van der Waals surface area contributed by atoms with E-state index in [0.717, 1.165) is 25.7 Å². The zero-order chi connectivity index (χ0) is 14.2. The number of ether oxygens (including phenoxy) is 2. The molecule has 2 bridgehead atoms. The number of fused-ring (bicyclic) bond motifs is 2. The van der Waals surface area contributed by atoms with Crippen LogP contribution in [0.3, 0.4) is 0 Å². The second kappa shape index (κ2) is 3.96. The van der Waals surface area contributed by atoms with Gasteiger partial charge in [-0.2, -0.15) is 0 Å². The van der Waals surface area contributed by atoms with E-state index in [2.05, 4.69) is 6.92 Å². The predicted molar refractivity (Wildman–Crippen MR) is 69.4 cm³/mol. The molecule has 0 aromatic carbocycles. The lowest BCUT2D eigenvalue weighted by Gasteiger charge is -2.60. The first kappa shape index (κ1) is 13.5. The van der Waals surface area contributed by atoms with E-state index in [-0.39, 0.29) is 5.92 Å². The molecule has 5 fully saturated rings. The molecule has 1 aliphatic carbocycles. The van der Waals surface area contributed by atoms with Gasteiger partial charge in [-0.05, 0) is 44.9 Å². The number of rotatable bonds is 0. The maximum atomic E-state index is 10.8. The van der Waals surface area contributed by atoms with Gasteiger partial charge in [-0.25, -0.2) is 9.78 Å². The van der Waals surface area contributed by atoms with Crippen molar-refractivity contribution in [3.8, 4) is 0 Å². The SMILES string of the molecule is C[C@@H]1CC[C@@H]2[C@]34OO[C@](C)(CC[C@@H]13)O[C@H]4OC[C@]2(C)O. The van der Waals surface area contributed by atoms with Crippen LogP contribution in [0.4, 0.5) is 0 Å². The molecule has 20 heavy (non-hydrogen) atoms. The van der Waals surface area contributed by atoms with Crippen molar-refractivity contribution in [1.82, 2.24) is 0 Å². The van der Waals surface area contributed by atoms with E-state index in [9.17, 15) is 5.11 Å². The average Bonchev–Trinajstić information content (AvgIpc) is 2.61. The Morgan fingerprint density at radius 3 is 2.70 bits per heavy atom. The molecule has 1 spiro atoms. The summed E-state index contributed by atoms with van der Waals surface area (Å²) in [6.07, 6.45) is 3.40. The summed E-state index contributed by atoms with van der Waals surface area (Å²) in [5.41, 5.74) is -1.55. The van der Waals surface area contributed by atoms with Gasteiger partial charge in [0.15, 0.2) is 11.9 Å². The van der Waals surface area contributed by atoms with E-state index in [1.54, 1.807) is 0 Å². The molecule has 0 amide bonds.